The van der Waals surface area contributed by atoms with Gasteiger partial charge in [-0.1, -0.05) is 6.07 Å². The number of hydrogen-bond acceptors (Lipinski definition) is 3. The zero-order valence-electron chi connectivity index (χ0n) is 13.0. The molecule has 2 rings (SSSR count). The zero-order chi connectivity index (χ0) is 15.4. The molecule has 0 spiro atoms. The summed E-state index contributed by atoms with van der Waals surface area (Å²) >= 11 is 0. The van der Waals surface area contributed by atoms with E-state index in [1.54, 1.807) is 16.7 Å². The number of ether oxygens (including phenoxy) is 1. The van der Waals surface area contributed by atoms with E-state index in [4.69, 9.17) is 4.74 Å². The van der Waals surface area contributed by atoms with Crippen LogP contribution in [0.1, 0.15) is 30.0 Å². The van der Waals surface area contributed by atoms with Crippen LogP contribution >= 0.6 is 0 Å². The smallest absolute Gasteiger partial charge is 0.274 e. The van der Waals surface area contributed by atoms with Crippen molar-refractivity contribution in [3.05, 3.63) is 41.7 Å². The van der Waals surface area contributed by atoms with Gasteiger partial charge in [-0.2, -0.15) is 5.10 Å². The molecular formula is C16H21N3O2. The molecule has 0 aliphatic heterocycles. The van der Waals surface area contributed by atoms with Crippen molar-refractivity contribution in [2.45, 2.75) is 20.8 Å². The molecule has 0 saturated carbocycles. The highest BCUT2D eigenvalue weighted by Crippen LogP contribution is 2.18. The number of amides is 1. The maximum Gasteiger partial charge on any atom is 0.274 e. The van der Waals surface area contributed by atoms with E-state index >= 15 is 0 Å². The summed E-state index contributed by atoms with van der Waals surface area (Å²) in [4.78, 5) is 14.1. The number of aromatic nitrogens is 2. The highest BCUT2D eigenvalue weighted by Gasteiger charge is 2.17. The van der Waals surface area contributed by atoms with Crippen molar-refractivity contribution in [1.82, 2.24) is 14.7 Å². The summed E-state index contributed by atoms with van der Waals surface area (Å²) in [5.74, 6) is 0.726. The van der Waals surface area contributed by atoms with Crippen LogP contribution in [0.5, 0.6) is 5.75 Å². The van der Waals surface area contributed by atoms with E-state index in [0.29, 0.717) is 18.8 Å². The molecule has 0 N–H and O–H groups in total. The molecule has 0 aliphatic carbocycles. The molecule has 0 radical (unpaired) electrons. The molecule has 0 atom stereocenters. The second-order valence-electron chi connectivity index (χ2n) is 4.76. The fourth-order valence-corrected chi connectivity index (χ4v) is 2.26. The Kier molecular flexibility index (Phi) is 4.62. The normalized spacial score (nSPS) is 10.5. The SMILES string of the molecule is CCN(CC)C(=O)c1cc(C)n(-c2cccc(OC)c2)n1. The largest absolute Gasteiger partial charge is 0.497 e. The molecule has 1 aromatic carbocycles. The van der Waals surface area contributed by atoms with E-state index in [0.717, 1.165) is 17.1 Å². The van der Waals surface area contributed by atoms with Crippen LogP contribution in [0.3, 0.4) is 0 Å². The van der Waals surface area contributed by atoms with Crippen molar-refractivity contribution >= 4 is 5.91 Å². The van der Waals surface area contributed by atoms with Crippen molar-refractivity contribution in [1.29, 1.82) is 0 Å². The number of nitrogens with zero attached hydrogens (tertiary/aromatic N) is 3. The minimum atomic E-state index is -0.0373. The molecule has 21 heavy (non-hydrogen) atoms. The van der Waals surface area contributed by atoms with E-state index < -0.39 is 0 Å². The van der Waals surface area contributed by atoms with Gasteiger partial charge in [-0.3, -0.25) is 4.79 Å². The summed E-state index contributed by atoms with van der Waals surface area (Å²) in [5, 5.41) is 4.44. The molecule has 1 aromatic heterocycles. The topological polar surface area (TPSA) is 47.4 Å². The van der Waals surface area contributed by atoms with Gasteiger partial charge in [0, 0.05) is 24.8 Å². The number of aryl methyl sites for hydroxylation is 1. The van der Waals surface area contributed by atoms with Crippen molar-refractivity contribution in [3.8, 4) is 11.4 Å². The standard InChI is InChI=1S/C16H21N3O2/c1-5-18(6-2)16(20)15-10-12(3)19(17-15)13-8-7-9-14(11-13)21-4/h7-11H,5-6H2,1-4H3. The first-order valence-electron chi connectivity index (χ1n) is 7.11. The van der Waals surface area contributed by atoms with Crippen molar-refractivity contribution in [3.63, 3.8) is 0 Å². The number of methoxy groups -OCH3 is 1. The number of rotatable bonds is 5. The maximum atomic E-state index is 12.4. The van der Waals surface area contributed by atoms with Gasteiger partial charge in [0.2, 0.25) is 0 Å². The van der Waals surface area contributed by atoms with Gasteiger partial charge in [-0.25, -0.2) is 4.68 Å². The van der Waals surface area contributed by atoms with E-state index in [-0.39, 0.29) is 5.91 Å². The third-order valence-corrected chi connectivity index (χ3v) is 3.46. The lowest BCUT2D eigenvalue weighted by molar-refractivity contribution is 0.0766. The average Bonchev–Trinajstić information content (AvgIpc) is 2.90. The van der Waals surface area contributed by atoms with Crippen LogP contribution in [0.25, 0.3) is 5.69 Å². The molecular weight excluding hydrogens is 266 g/mol. The summed E-state index contributed by atoms with van der Waals surface area (Å²) in [6.45, 7) is 7.23. The second-order valence-corrected chi connectivity index (χ2v) is 4.76. The number of hydrogen-bond donors (Lipinski definition) is 0. The average molecular weight is 287 g/mol. The Labute approximate surface area is 125 Å². The lowest BCUT2D eigenvalue weighted by atomic mass is 10.3. The Morgan fingerprint density at radius 3 is 2.62 bits per heavy atom. The predicted molar refractivity (Wildman–Crippen MR) is 82.1 cm³/mol. The molecule has 5 nitrogen and oxygen atoms in total. The predicted octanol–water partition coefficient (Wildman–Crippen LogP) is 2.67. The van der Waals surface area contributed by atoms with E-state index in [2.05, 4.69) is 5.10 Å². The fraction of sp³-hybridized carbons (Fsp3) is 0.375. The van der Waals surface area contributed by atoms with Crippen molar-refractivity contribution in [2.75, 3.05) is 20.2 Å². The van der Waals surface area contributed by atoms with Gasteiger partial charge in [0.1, 0.15) is 5.75 Å². The number of benzene rings is 1. The van der Waals surface area contributed by atoms with Gasteiger partial charge in [-0.05, 0) is 39.0 Å². The minimum absolute atomic E-state index is 0.0373. The first kappa shape index (κ1) is 15.1. The fourth-order valence-electron chi connectivity index (χ4n) is 2.26. The third-order valence-electron chi connectivity index (χ3n) is 3.46. The maximum absolute atomic E-state index is 12.4. The summed E-state index contributed by atoms with van der Waals surface area (Å²) in [6.07, 6.45) is 0. The molecule has 0 aliphatic rings. The molecule has 2 aromatic rings. The van der Waals surface area contributed by atoms with Gasteiger partial charge in [0.25, 0.3) is 5.91 Å². The monoisotopic (exact) mass is 287 g/mol. The van der Waals surface area contributed by atoms with E-state index in [1.807, 2.05) is 51.1 Å². The molecule has 1 amide bonds. The van der Waals surface area contributed by atoms with Crippen LogP contribution in [0.2, 0.25) is 0 Å². The van der Waals surface area contributed by atoms with Crippen LogP contribution in [0, 0.1) is 6.92 Å². The van der Waals surface area contributed by atoms with Gasteiger partial charge in [-0.15, -0.1) is 0 Å². The first-order valence-corrected chi connectivity index (χ1v) is 7.11. The Balaban J connectivity index is 2.37. The van der Waals surface area contributed by atoms with Crippen LogP contribution in [-0.4, -0.2) is 40.8 Å². The molecule has 0 bridgehead atoms. The van der Waals surface area contributed by atoms with Gasteiger partial charge < -0.3 is 9.64 Å². The Hall–Kier alpha value is -2.30. The van der Waals surface area contributed by atoms with E-state index in [1.165, 1.54) is 0 Å². The Morgan fingerprint density at radius 1 is 1.29 bits per heavy atom. The van der Waals surface area contributed by atoms with Crippen LogP contribution < -0.4 is 4.74 Å². The molecule has 0 fully saturated rings. The summed E-state index contributed by atoms with van der Waals surface area (Å²) in [6, 6.07) is 9.44. The zero-order valence-corrected chi connectivity index (χ0v) is 13.0. The van der Waals surface area contributed by atoms with Gasteiger partial charge >= 0.3 is 0 Å². The summed E-state index contributed by atoms with van der Waals surface area (Å²) in [5.41, 5.74) is 2.27. The first-order chi connectivity index (χ1) is 10.1. The van der Waals surface area contributed by atoms with Crippen molar-refractivity contribution in [2.24, 2.45) is 0 Å². The van der Waals surface area contributed by atoms with E-state index in [9.17, 15) is 4.79 Å². The van der Waals surface area contributed by atoms with Gasteiger partial charge in [0.05, 0.1) is 12.8 Å². The lowest BCUT2D eigenvalue weighted by Gasteiger charge is -2.16. The van der Waals surface area contributed by atoms with Crippen LogP contribution in [0.15, 0.2) is 30.3 Å². The molecule has 0 unspecified atom stereocenters. The van der Waals surface area contributed by atoms with Crippen LogP contribution in [0.4, 0.5) is 0 Å². The highest BCUT2D eigenvalue weighted by molar-refractivity contribution is 5.92. The minimum Gasteiger partial charge on any atom is -0.497 e. The third kappa shape index (κ3) is 3.07. The molecule has 0 saturated heterocycles. The second kappa shape index (κ2) is 6.43. The Morgan fingerprint density at radius 2 is 2.00 bits per heavy atom. The molecule has 1 heterocycles. The Bertz CT molecular complexity index is 630. The number of carbonyl (C=O) groups excluding carboxylic acids is 1. The van der Waals surface area contributed by atoms with Gasteiger partial charge in [0.15, 0.2) is 5.69 Å². The highest BCUT2D eigenvalue weighted by atomic mass is 16.5. The van der Waals surface area contributed by atoms with Crippen molar-refractivity contribution < 1.29 is 9.53 Å². The lowest BCUT2D eigenvalue weighted by Crippen LogP contribution is -2.30. The van der Waals surface area contributed by atoms with Crippen LogP contribution in [-0.2, 0) is 0 Å². The quantitative estimate of drug-likeness (QED) is 0.849. The summed E-state index contributed by atoms with van der Waals surface area (Å²) < 4.78 is 6.99. The molecule has 5 heteroatoms. The summed E-state index contributed by atoms with van der Waals surface area (Å²) in [7, 11) is 1.63. The number of carbonyl (C=O) groups is 1. The molecule has 112 valence electrons.